The van der Waals surface area contributed by atoms with Crippen LogP contribution in [0.4, 0.5) is 0 Å². The van der Waals surface area contributed by atoms with Crippen LogP contribution in [0, 0.1) is 0 Å². The van der Waals surface area contributed by atoms with E-state index in [1.54, 1.807) is 7.11 Å². The molecule has 1 aliphatic rings. The lowest BCUT2D eigenvalue weighted by atomic mass is 10.0. The van der Waals surface area contributed by atoms with Crippen molar-refractivity contribution in [1.82, 2.24) is 4.90 Å². The van der Waals surface area contributed by atoms with Crippen molar-refractivity contribution in [1.29, 1.82) is 0 Å². The highest BCUT2D eigenvalue weighted by Crippen LogP contribution is 2.18. The maximum Gasteiger partial charge on any atom is 0.0630 e. The molecular weight excluding hydrogens is 164 g/mol. The maximum absolute atomic E-state index is 5.73. The number of rotatable bonds is 4. The predicted molar refractivity (Wildman–Crippen MR) is 54.7 cm³/mol. The largest absolute Gasteiger partial charge is 0.383 e. The third-order valence-electron chi connectivity index (χ3n) is 2.95. The highest BCUT2D eigenvalue weighted by atomic mass is 16.5. The summed E-state index contributed by atoms with van der Waals surface area (Å²) in [5.41, 5.74) is 5.73. The topological polar surface area (TPSA) is 38.5 Å². The van der Waals surface area contributed by atoms with Crippen LogP contribution in [0.1, 0.15) is 26.2 Å². The molecule has 1 saturated heterocycles. The van der Waals surface area contributed by atoms with E-state index in [1.165, 1.54) is 25.8 Å². The second kappa shape index (κ2) is 5.58. The maximum atomic E-state index is 5.73. The number of piperidine rings is 1. The molecule has 1 rings (SSSR count). The number of methoxy groups -OCH3 is 1. The average Bonchev–Trinajstić information content (AvgIpc) is 2.16. The fourth-order valence-corrected chi connectivity index (χ4v) is 2.15. The van der Waals surface area contributed by atoms with Gasteiger partial charge in [0.05, 0.1) is 6.61 Å². The third kappa shape index (κ3) is 2.93. The summed E-state index contributed by atoms with van der Waals surface area (Å²) in [4.78, 5) is 2.49. The van der Waals surface area contributed by atoms with Crippen molar-refractivity contribution in [2.75, 3.05) is 26.8 Å². The Balaban J connectivity index is 2.44. The Morgan fingerprint density at radius 1 is 1.54 bits per heavy atom. The van der Waals surface area contributed by atoms with E-state index in [0.717, 1.165) is 6.61 Å². The Hall–Kier alpha value is -0.120. The van der Waals surface area contributed by atoms with Gasteiger partial charge in [-0.2, -0.15) is 0 Å². The summed E-state index contributed by atoms with van der Waals surface area (Å²) in [6, 6.07) is 1.10. The van der Waals surface area contributed by atoms with Crippen LogP contribution >= 0.6 is 0 Å². The lowest BCUT2D eigenvalue weighted by Gasteiger charge is -2.38. The van der Waals surface area contributed by atoms with Crippen LogP contribution < -0.4 is 5.73 Å². The van der Waals surface area contributed by atoms with Crippen LogP contribution in [0.5, 0.6) is 0 Å². The number of hydrogen-bond acceptors (Lipinski definition) is 3. The highest BCUT2D eigenvalue weighted by Gasteiger charge is 2.24. The van der Waals surface area contributed by atoms with Gasteiger partial charge < -0.3 is 10.5 Å². The van der Waals surface area contributed by atoms with Gasteiger partial charge in [-0.05, 0) is 26.3 Å². The molecule has 3 nitrogen and oxygen atoms in total. The first-order chi connectivity index (χ1) is 6.29. The minimum atomic E-state index is 0.417. The Kier molecular flexibility index (Phi) is 4.70. The van der Waals surface area contributed by atoms with Gasteiger partial charge in [-0.25, -0.2) is 0 Å². The molecule has 0 aromatic rings. The number of nitrogens with two attached hydrogens (primary N) is 1. The lowest BCUT2D eigenvalue weighted by molar-refractivity contribution is 0.0506. The summed E-state index contributed by atoms with van der Waals surface area (Å²) in [6.07, 6.45) is 3.98. The summed E-state index contributed by atoms with van der Waals surface area (Å²) in [5, 5.41) is 0. The molecule has 78 valence electrons. The molecule has 2 unspecified atom stereocenters. The number of likely N-dealkylation sites (tertiary alicyclic amines) is 1. The van der Waals surface area contributed by atoms with E-state index in [2.05, 4.69) is 11.8 Å². The molecule has 2 atom stereocenters. The van der Waals surface area contributed by atoms with Gasteiger partial charge in [0.15, 0.2) is 0 Å². The molecule has 2 N–H and O–H groups in total. The van der Waals surface area contributed by atoms with E-state index in [9.17, 15) is 0 Å². The minimum absolute atomic E-state index is 0.417. The first-order valence-corrected chi connectivity index (χ1v) is 5.24. The second-order valence-electron chi connectivity index (χ2n) is 3.93. The van der Waals surface area contributed by atoms with Crippen molar-refractivity contribution in [3.8, 4) is 0 Å². The molecule has 0 radical (unpaired) electrons. The second-order valence-corrected chi connectivity index (χ2v) is 3.93. The van der Waals surface area contributed by atoms with Crippen LogP contribution in [-0.4, -0.2) is 43.8 Å². The molecule has 3 heteroatoms. The van der Waals surface area contributed by atoms with Crippen LogP contribution in [0.25, 0.3) is 0 Å². The van der Waals surface area contributed by atoms with Crippen molar-refractivity contribution in [2.24, 2.45) is 5.73 Å². The predicted octanol–water partition coefficient (Wildman–Crippen LogP) is 0.834. The van der Waals surface area contributed by atoms with E-state index in [-0.39, 0.29) is 0 Å². The molecule has 0 spiro atoms. The van der Waals surface area contributed by atoms with Crippen molar-refractivity contribution in [2.45, 2.75) is 38.3 Å². The Morgan fingerprint density at radius 3 is 2.85 bits per heavy atom. The zero-order valence-electron chi connectivity index (χ0n) is 8.83. The summed E-state index contributed by atoms with van der Waals surface area (Å²) in [6.45, 7) is 4.95. The van der Waals surface area contributed by atoms with Crippen molar-refractivity contribution >= 4 is 0 Å². The lowest BCUT2D eigenvalue weighted by Crippen LogP contribution is -2.50. The minimum Gasteiger partial charge on any atom is -0.383 e. The van der Waals surface area contributed by atoms with E-state index < -0.39 is 0 Å². The van der Waals surface area contributed by atoms with Gasteiger partial charge in [0.2, 0.25) is 0 Å². The zero-order chi connectivity index (χ0) is 9.68. The van der Waals surface area contributed by atoms with Gasteiger partial charge in [0.1, 0.15) is 0 Å². The third-order valence-corrected chi connectivity index (χ3v) is 2.95. The van der Waals surface area contributed by atoms with Crippen molar-refractivity contribution < 1.29 is 4.74 Å². The summed E-state index contributed by atoms with van der Waals surface area (Å²) < 4.78 is 5.17. The quantitative estimate of drug-likeness (QED) is 0.707. The smallest absolute Gasteiger partial charge is 0.0630 e. The summed E-state index contributed by atoms with van der Waals surface area (Å²) in [5.74, 6) is 0. The first-order valence-electron chi connectivity index (χ1n) is 5.24. The summed E-state index contributed by atoms with van der Waals surface area (Å²) in [7, 11) is 1.75. The fraction of sp³-hybridized carbons (Fsp3) is 1.00. The van der Waals surface area contributed by atoms with Gasteiger partial charge in [0.25, 0.3) is 0 Å². The van der Waals surface area contributed by atoms with E-state index in [4.69, 9.17) is 10.5 Å². The van der Waals surface area contributed by atoms with E-state index in [0.29, 0.717) is 18.6 Å². The molecule has 0 amide bonds. The first kappa shape index (κ1) is 11.0. The van der Waals surface area contributed by atoms with Gasteiger partial charge in [-0.1, -0.05) is 6.42 Å². The van der Waals surface area contributed by atoms with Gasteiger partial charge >= 0.3 is 0 Å². The van der Waals surface area contributed by atoms with Crippen LogP contribution in [0.15, 0.2) is 0 Å². The molecule has 0 aromatic carbocycles. The van der Waals surface area contributed by atoms with Crippen LogP contribution in [0.2, 0.25) is 0 Å². The molecule has 1 fully saturated rings. The molecule has 1 aliphatic heterocycles. The van der Waals surface area contributed by atoms with E-state index in [1.807, 2.05) is 0 Å². The molecule has 0 saturated carbocycles. The van der Waals surface area contributed by atoms with Crippen LogP contribution in [-0.2, 0) is 4.74 Å². The molecule has 0 aliphatic carbocycles. The number of nitrogens with zero attached hydrogens (tertiary/aromatic N) is 1. The number of ether oxygens (including phenoxy) is 1. The van der Waals surface area contributed by atoms with Gasteiger partial charge in [0, 0.05) is 25.7 Å². The zero-order valence-corrected chi connectivity index (χ0v) is 8.83. The van der Waals surface area contributed by atoms with E-state index >= 15 is 0 Å². The van der Waals surface area contributed by atoms with Crippen LogP contribution in [0.3, 0.4) is 0 Å². The SMILES string of the molecule is COCC(CN)N1CCCCC1C. The van der Waals surface area contributed by atoms with Crippen molar-refractivity contribution in [3.63, 3.8) is 0 Å². The molecule has 0 bridgehead atoms. The molecular formula is C10H22N2O. The molecule has 1 heterocycles. The Morgan fingerprint density at radius 2 is 2.31 bits per heavy atom. The Bertz CT molecular complexity index is 141. The molecule has 13 heavy (non-hydrogen) atoms. The standard InChI is InChI=1S/C10H22N2O/c1-9-5-3-4-6-12(9)10(7-11)8-13-2/h9-10H,3-8,11H2,1-2H3. The van der Waals surface area contributed by atoms with Gasteiger partial charge in [-0.15, -0.1) is 0 Å². The normalized spacial score (nSPS) is 27.5. The number of hydrogen-bond donors (Lipinski definition) is 1. The highest BCUT2D eigenvalue weighted by molar-refractivity contribution is 4.80. The molecule has 0 aromatic heterocycles. The van der Waals surface area contributed by atoms with Crippen molar-refractivity contribution in [3.05, 3.63) is 0 Å². The van der Waals surface area contributed by atoms with Gasteiger partial charge in [-0.3, -0.25) is 4.90 Å². The summed E-state index contributed by atoms with van der Waals surface area (Å²) >= 11 is 0. The fourth-order valence-electron chi connectivity index (χ4n) is 2.15. The average molecular weight is 186 g/mol. The monoisotopic (exact) mass is 186 g/mol. The Labute approximate surface area is 81.2 Å².